The molecule has 3 aromatic carbocycles. The van der Waals surface area contributed by atoms with E-state index >= 15 is 0 Å². The lowest BCUT2D eigenvalue weighted by molar-refractivity contribution is -0.122. The fourth-order valence-corrected chi connectivity index (χ4v) is 3.93. The van der Waals surface area contributed by atoms with Gasteiger partial charge in [0.2, 0.25) is 5.91 Å². The Morgan fingerprint density at radius 2 is 1.41 bits per heavy atom. The third-order valence-electron chi connectivity index (χ3n) is 5.30. The van der Waals surface area contributed by atoms with E-state index < -0.39 is 0 Å². The first-order valence-corrected chi connectivity index (χ1v) is 10.0. The Hall–Kier alpha value is -3.40. The number of hydrogen-bond acceptors (Lipinski definition) is 2. The Balaban J connectivity index is 1.72. The summed E-state index contributed by atoms with van der Waals surface area (Å²) in [5.41, 5.74) is 2.66. The summed E-state index contributed by atoms with van der Waals surface area (Å²) in [5.74, 6) is -0.0636. The molecule has 0 aliphatic heterocycles. The quantitative estimate of drug-likeness (QED) is 0.485. The maximum atomic E-state index is 13.0. The fourth-order valence-electron chi connectivity index (χ4n) is 3.93. The van der Waals surface area contributed by atoms with Crippen molar-refractivity contribution in [3.05, 3.63) is 94.6 Å². The highest BCUT2D eigenvalue weighted by Gasteiger charge is 2.16. The molecule has 0 aliphatic carbocycles. The fraction of sp³-hybridized carbons (Fsp3) is 0.200. The zero-order valence-electron chi connectivity index (χ0n) is 16.5. The van der Waals surface area contributed by atoms with Crippen LogP contribution in [0.4, 0.5) is 0 Å². The predicted molar refractivity (Wildman–Crippen MR) is 118 cm³/mol. The number of aromatic nitrogens is 1. The van der Waals surface area contributed by atoms with E-state index in [1.54, 1.807) is 0 Å². The maximum Gasteiger partial charge on any atom is 0.240 e. The molecule has 0 saturated carbocycles. The Bertz CT molecular complexity index is 1150. The van der Waals surface area contributed by atoms with Crippen LogP contribution in [0.15, 0.2) is 83.7 Å². The van der Waals surface area contributed by atoms with E-state index in [1.165, 1.54) is 0 Å². The number of carbonyl (C=O) groups excluding carboxylic acids is 1. The van der Waals surface area contributed by atoms with Gasteiger partial charge in [0.25, 0.3) is 0 Å². The van der Waals surface area contributed by atoms with Crippen LogP contribution in [0.5, 0.6) is 0 Å². The molecule has 1 atom stereocenters. The van der Waals surface area contributed by atoms with Gasteiger partial charge in [0.15, 0.2) is 5.43 Å². The summed E-state index contributed by atoms with van der Waals surface area (Å²) in [4.78, 5) is 25.9. The molecule has 0 radical (unpaired) electrons. The van der Waals surface area contributed by atoms with Crippen LogP contribution >= 0.6 is 0 Å². The van der Waals surface area contributed by atoms with Gasteiger partial charge in [0.05, 0.1) is 17.1 Å². The minimum Gasteiger partial charge on any atom is -0.348 e. The zero-order chi connectivity index (χ0) is 20.2. The van der Waals surface area contributed by atoms with Gasteiger partial charge in [-0.2, -0.15) is 0 Å². The first kappa shape index (κ1) is 18.9. The molecule has 1 amide bonds. The largest absolute Gasteiger partial charge is 0.348 e. The van der Waals surface area contributed by atoms with Crippen molar-refractivity contribution in [3.8, 4) is 0 Å². The predicted octanol–water partition coefficient (Wildman–Crippen LogP) is 4.81. The highest BCUT2D eigenvalue weighted by molar-refractivity contribution is 5.94. The molecule has 4 heteroatoms. The Labute approximate surface area is 169 Å². The summed E-state index contributed by atoms with van der Waals surface area (Å²) in [5, 5.41) is 4.45. The lowest BCUT2D eigenvalue weighted by Gasteiger charge is -2.20. The van der Waals surface area contributed by atoms with E-state index in [9.17, 15) is 9.59 Å². The highest BCUT2D eigenvalue weighted by Crippen LogP contribution is 2.21. The second-order valence-electron chi connectivity index (χ2n) is 7.27. The van der Waals surface area contributed by atoms with E-state index in [4.69, 9.17) is 0 Å². The van der Waals surface area contributed by atoms with Crippen LogP contribution in [0.2, 0.25) is 0 Å². The van der Waals surface area contributed by atoms with E-state index in [2.05, 4.69) is 12.2 Å². The number of pyridine rings is 1. The lowest BCUT2D eigenvalue weighted by atomic mass is 10.0. The number of rotatable bonds is 6. The van der Waals surface area contributed by atoms with Crippen molar-refractivity contribution in [1.82, 2.24) is 9.88 Å². The first-order chi connectivity index (χ1) is 14.2. The average Bonchev–Trinajstić information content (AvgIpc) is 2.77. The van der Waals surface area contributed by atoms with Gasteiger partial charge in [0.1, 0.15) is 6.54 Å². The molecule has 4 nitrogen and oxygen atoms in total. The van der Waals surface area contributed by atoms with Crippen LogP contribution in [0.3, 0.4) is 0 Å². The zero-order valence-corrected chi connectivity index (χ0v) is 16.5. The summed E-state index contributed by atoms with van der Waals surface area (Å²) in [6, 6.07) is 25.0. The van der Waals surface area contributed by atoms with Gasteiger partial charge in [-0.05, 0) is 36.2 Å². The van der Waals surface area contributed by atoms with Crippen molar-refractivity contribution in [2.45, 2.75) is 32.4 Å². The SMILES string of the molecule is CCCC(NC(=O)Cn1c2ccccc2c(=O)c2ccccc21)c1ccccc1. The van der Waals surface area contributed by atoms with Crippen molar-refractivity contribution in [1.29, 1.82) is 0 Å². The van der Waals surface area contributed by atoms with E-state index in [-0.39, 0.29) is 23.9 Å². The summed E-state index contributed by atoms with van der Waals surface area (Å²) in [6.45, 7) is 2.28. The third kappa shape index (κ3) is 3.79. The smallest absolute Gasteiger partial charge is 0.240 e. The van der Waals surface area contributed by atoms with Gasteiger partial charge in [-0.15, -0.1) is 0 Å². The summed E-state index contributed by atoms with van der Waals surface area (Å²) < 4.78 is 1.94. The van der Waals surface area contributed by atoms with Crippen LogP contribution in [-0.2, 0) is 11.3 Å². The number of nitrogens with one attached hydrogen (secondary N) is 1. The van der Waals surface area contributed by atoms with E-state index in [0.29, 0.717) is 10.8 Å². The third-order valence-corrected chi connectivity index (χ3v) is 5.30. The number of para-hydroxylation sites is 2. The van der Waals surface area contributed by atoms with Crippen LogP contribution in [0, 0.1) is 0 Å². The molecule has 4 rings (SSSR count). The van der Waals surface area contributed by atoms with Gasteiger partial charge in [-0.1, -0.05) is 67.9 Å². The van der Waals surface area contributed by atoms with Gasteiger partial charge in [-0.25, -0.2) is 0 Å². The second-order valence-corrected chi connectivity index (χ2v) is 7.27. The van der Waals surface area contributed by atoms with E-state index in [0.717, 1.165) is 29.4 Å². The number of benzene rings is 3. The average molecular weight is 384 g/mol. The number of hydrogen-bond donors (Lipinski definition) is 1. The van der Waals surface area contributed by atoms with Crippen LogP contribution in [0.1, 0.15) is 31.4 Å². The molecular weight excluding hydrogens is 360 g/mol. The molecule has 0 spiro atoms. The standard InChI is InChI=1S/C25H24N2O2/c1-2-10-21(18-11-4-3-5-12-18)26-24(28)17-27-22-15-8-6-13-19(22)25(29)20-14-7-9-16-23(20)27/h3-9,11-16,21H,2,10,17H2,1H3,(H,26,28). The molecule has 29 heavy (non-hydrogen) atoms. The minimum absolute atomic E-state index is 0.000929. The van der Waals surface area contributed by atoms with Gasteiger partial charge >= 0.3 is 0 Å². The van der Waals surface area contributed by atoms with Crippen molar-refractivity contribution < 1.29 is 4.79 Å². The van der Waals surface area contributed by atoms with Crippen LogP contribution in [-0.4, -0.2) is 10.5 Å². The summed E-state index contributed by atoms with van der Waals surface area (Å²) in [7, 11) is 0. The molecule has 1 aromatic heterocycles. The van der Waals surface area contributed by atoms with Crippen molar-refractivity contribution in [2.75, 3.05) is 0 Å². The van der Waals surface area contributed by atoms with Gasteiger partial charge in [0, 0.05) is 10.8 Å². The van der Waals surface area contributed by atoms with Gasteiger partial charge in [-0.3, -0.25) is 9.59 Å². The maximum absolute atomic E-state index is 13.0. The lowest BCUT2D eigenvalue weighted by Crippen LogP contribution is -2.32. The normalized spacial score (nSPS) is 12.2. The first-order valence-electron chi connectivity index (χ1n) is 10.0. The second kappa shape index (κ2) is 8.31. The molecule has 1 N–H and O–H groups in total. The molecule has 146 valence electrons. The number of nitrogens with zero attached hydrogens (tertiary/aromatic N) is 1. The van der Waals surface area contributed by atoms with Crippen LogP contribution in [0.25, 0.3) is 21.8 Å². The molecule has 4 aromatic rings. The van der Waals surface area contributed by atoms with Crippen molar-refractivity contribution in [2.24, 2.45) is 0 Å². The summed E-state index contributed by atoms with van der Waals surface area (Å²) in [6.07, 6.45) is 1.85. The van der Waals surface area contributed by atoms with Crippen LogP contribution < -0.4 is 10.7 Å². The van der Waals surface area contributed by atoms with Gasteiger partial charge < -0.3 is 9.88 Å². The summed E-state index contributed by atoms with van der Waals surface area (Å²) >= 11 is 0. The van der Waals surface area contributed by atoms with E-state index in [1.807, 2.05) is 83.4 Å². The molecule has 0 aliphatic rings. The Morgan fingerprint density at radius 1 is 0.862 bits per heavy atom. The Kier molecular flexibility index (Phi) is 5.43. The molecule has 0 saturated heterocycles. The number of fused-ring (bicyclic) bond motifs is 2. The molecule has 0 bridgehead atoms. The van der Waals surface area contributed by atoms with Crippen molar-refractivity contribution >= 4 is 27.7 Å². The highest BCUT2D eigenvalue weighted by atomic mass is 16.2. The number of carbonyl (C=O) groups is 1. The Morgan fingerprint density at radius 3 is 2.00 bits per heavy atom. The molecule has 1 unspecified atom stereocenters. The topological polar surface area (TPSA) is 51.1 Å². The molecule has 1 heterocycles. The van der Waals surface area contributed by atoms with Crippen molar-refractivity contribution in [3.63, 3.8) is 0 Å². The molecule has 0 fully saturated rings. The monoisotopic (exact) mass is 384 g/mol. The number of amides is 1. The molecular formula is C25H24N2O2. The minimum atomic E-state index is -0.0636.